The van der Waals surface area contributed by atoms with Crippen molar-refractivity contribution in [1.82, 2.24) is 4.98 Å². The first kappa shape index (κ1) is 18.7. The predicted octanol–water partition coefficient (Wildman–Crippen LogP) is 4.66. The van der Waals surface area contributed by atoms with Crippen molar-refractivity contribution in [2.45, 2.75) is 30.2 Å². The molecule has 0 aliphatic carbocycles. The molecule has 1 saturated heterocycles. The zero-order chi connectivity index (χ0) is 19.7. The van der Waals surface area contributed by atoms with Gasteiger partial charge in [0.2, 0.25) is 26.6 Å². The molecule has 2 aromatic carbocycles. The van der Waals surface area contributed by atoms with Crippen LogP contribution in [0.5, 0.6) is 0 Å². The number of nitrogens with zero attached hydrogens (tertiary/aromatic N) is 2. The first-order valence-corrected chi connectivity index (χ1v) is 11.0. The number of oxazole rings is 1. The molecule has 0 amide bonds. The molecule has 2 unspecified atom stereocenters. The Kier molecular flexibility index (Phi) is 4.98. The maximum absolute atomic E-state index is 13.4. The maximum atomic E-state index is 13.4. The molecule has 6 heteroatoms. The molecule has 2 heterocycles. The van der Waals surface area contributed by atoms with Crippen molar-refractivity contribution in [3.8, 4) is 11.5 Å². The highest BCUT2D eigenvalue weighted by molar-refractivity contribution is 7.91. The fourth-order valence-electron chi connectivity index (χ4n) is 3.92. The smallest absolute Gasteiger partial charge is 0.236 e. The van der Waals surface area contributed by atoms with E-state index in [1.165, 1.54) is 0 Å². The number of rotatable bonds is 4. The zero-order valence-electron chi connectivity index (χ0n) is 16.1. The van der Waals surface area contributed by atoms with Crippen LogP contribution in [0.4, 0.5) is 5.88 Å². The van der Waals surface area contributed by atoms with Gasteiger partial charge in [-0.15, -0.1) is 0 Å². The van der Waals surface area contributed by atoms with Gasteiger partial charge in [-0.05, 0) is 42.5 Å². The Morgan fingerprint density at radius 1 is 0.929 bits per heavy atom. The quantitative estimate of drug-likeness (QED) is 0.642. The summed E-state index contributed by atoms with van der Waals surface area (Å²) in [5.74, 6) is 1.60. The van der Waals surface area contributed by atoms with Gasteiger partial charge >= 0.3 is 0 Å². The van der Waals surface area contributed by atoms with E-state index in [0.717, 1.165) is 25.1 Å². The van der Waals surface area contributed by atoms with Crippen molar-refractivity contribution < 1.29 is 12.8 Å². The Hall–Kier alpha value is -2.60. The highest BCUT2D eigenvalue weighted by Gasteiger charge is 2.34. The fourth-order valence-corrected chi connectivity index (χ4v) is 5.26. The molecule has 5 nitrogen and oxygen atoms in total. The Balaban J connectivity index is 1.85. The number of anilines is 1. The normalized spacial score (nSPS) is 20.3. The van der Waals surface area contributed by atoms with Crippen molar-refractivity contribution in [1.29, 1.82) is 0 Å². The minimum atomic E-state index is -3.79. The molecular formula is C22H24N2O3S. The molecular weight excluding hydrogens is 372 g/mol. The van der Waals surface area contributed by atoms with E-state index in [-0.39, 0.29) is 9.92 Å². The van der Waals surface area contributed by atoms with E-state index in [1.807, 2.05) is 35.2 Å². The van der Waals surface area contributed by atoms with Crippen LogP contribution in [-0.4, -0.2) is 26.5 Å². The lowest BCUT2D eigenvalue weighted by Gasteiger charge is -2.34. The highest BCUT2D eigenvalue weighted by atomic mass is 32.2. The van der Waals surface area contributed by atoms with Crippen molar-refractivity contribution in [2.24, 2.45) is 11.8 Å². The molecule has 4 rings (SSSR count). The largest absolute Gasteiger partial charge is 0.419 e. The summed E-state index contributed by atoms with van der Waals surface area (Å²) in [6, 6.07) is 17.8. The Labute approximate surface area is 165 Å². The first-order chi connectivity index (χ1) is 13.4. The standard InChI is InChI=1S/C22H24N2O3S/c1-16-13-17(2)15-24(14-16)22-21(28(25,26)19-11-7-4-8-12-19)23-20(27-22)18-9-5-3-6-10-18/h3-12,16-17H,13-15H2,1-2H3. The summed E-state index contributed by atoms with van der Waals surface area (Å²) in [6.07, 6.45) is 1.12. The Bertz CT molecular complexity index is 1040. The fraction of sp³-hybridized carbons (Fsp3) is 0.318. The average Bonchev–Trinajstić information content (AvgIpc) is 3.15. The van der Waals surface area contributed by atoms with Gasteiger partial charge in [0.05, 0.1) is 4.90 Å². The Morgan fingerprint density at radius 3 is 2.11 bits per heavy atom. The van der Waals surface area contributed by atoms with Gasteiger partial charge in [-0.3, -0.25) is 0 Å². The van der Waals surface area contributed by atoms with Gasteiger partial charge < -0.3 is 9.32 Å². The van der Waals surface area contributed by atoms with Crippen LogP contribution in [0.3, 0.4) is 0 Å². The van der Waals surface area contributed by atoms with E-state index in [1.54, 1.807) is 30.3 Å². The average molecular weight is 397 g/mol. The van der Waals surface area contributed by atoms with Crippen molar-refractivity contribution in [3.63, 3.8) is 0 Å². The van der Waals surface area contributed by atoms with Gasteiger partial charge in [0.1, 0.15) is 0 Å². The lowest BCUT2D eigenvalue weighted by atomic mass is 9.92. The van der Waals surface area contributed by atoms with Crippen LogP contribution in [0.15, 0.2) is 75.0 Å². The van der Waals surface area contributed by atoms with Crippen molar-refractivity contribution >= 4 is 15.7 Å². The summed E-state index contributed by atoms with van der Waals surface area (Å²) in [7, 11) is -3.79. The molecule has 28 heavy (non-hydrogen) atoms. The second-order valence-corrected chi connectivity index (χ2v) is 9.53. The van der Waals surface area contributed by atoms with Gasteiger partial charge in [-0.2, -0.15) is 4.98 Å². The molecule has 0 N–H and O–H groups in total. The third kappa shape index (κ3) is 3.56. The summed E-state index contributed by atoms with van der Waals surface area (Å²) in [6.45, 7) is 5.88. The van der Waals surface area contributed by atoms with Crippen LogP contribution in [0.25, 0.3) is 11.5 Å². The van der Waals surface area contributed by atoms with E-state index in [0.29, 0.717) is 23.6 Å². The van der Waals surface area contributed by atoms with E-state index in [9.17, 15) is 8.42 Å². The van der Waals surface area contributed by atoms with E-state index >= 15 is 0 Å². The zero-order valence-corrected chi connectivity index (χ0v) is 16.9. The summed E-state index contributed by atoms with van der Waals surface area (Å²) < 4.78 is 32.8. The number of sulfone groups is 1. The van der Waals surface area contributed by atoms with Crippen LogP contribution in [0.1, 0.15) is 20.3 Å². The van der Waals surface area contributed by atoms with Crippen LogP contribution >= 0.6 is 0 Å². The third-order valence-electron chi connectivity index (χ3n) is 5.06. The van der Waals surface area contributed by atoms with Crippen molar-refractivity contribution in [3.05, 3.63) is 60.7 Å². The van der Waals surface area contributed by atoms with Crippen LogP contribution in [-0.2, 0) is 9.84 Å². The number of piperidine rings is 1. The molecule has 0 saturated carbocycles. The van der Waals surface area contributed by atoms with Crippen LogP contribution in [0, 0.1) is 11.8 Å². The number of aromatic nitrogens is 1. The molecule has 0 bridgehead atoms. The van der Waals surface area contributed by atoms with E-state index in [2.05, 4.69) is 18.8 Å². The van der Waals surface area contributed by atoms with Gasteiger partial charge in [0.25, 0.3) is 0 Å². The van der Waals surface area contributed by atoms with Gasteiger partial charge in [-0.25, -0.2) is 8.42 Å². The molecule has 0 radical (unpaired) electrons. The minimum absolute atomic E-state index is 0.00106. The first-order valence-electron chi connectivity index (χ1n) is 9.56. The summed E-state index contributed by atoms with van der Waals surface area (Å²) in [5.41, 5.74) is 0.761. The highest BCUT2D eigenvalue weighted by Crippen LogP contribution is 2.37. The SMILES string of the molecule is CC1CC(C)CN(c2oc(-c3ccccc3)nc2S(=O)(=O)c2ccccc2)C1. The van der Waals surface area contributed by atoms with E-state index in [4.69, 9.17) is 4.42 Å². The number of hydrogen-bond donors (Lipinski definition) is 0. The minimum Gasteiger partial charge on any atom is -0.419 e. The van der Waals surface area contributed by atoms with Crippen molar-refractivity contribution in [2.75, 3.05) is 18.0 Å². The molecule has 1 fully saturated rings. The van der Waals surface area contributed by atoms with Gasteiger partial charge in [0, 0.05) is 18.7 Å². The molecule has 0 spiro atoms. The van der Waals surface area contributed by atoms with Gasteiger partial charge in [0.15, 0.2) is 0 Å². The number of hydrogen-bond acceptors (Lipinski definition) is 5. The lowest BCUT2D eigenvalue weighted by molar-refractivity contribution is 0.342. The second kappa shape index (κ2) is 7.43. The summed E-state index contributed by atoms with van der Waals surface area (Å²) in [4.78, 5) is 6.72. The number of benzene rings is 2. The summed E-state index contributed by atoms with van der Waals surface area (Å²) in [5, 5.41) is -0.00106. The molecule has 2 atom stereocenters. The molecule has 1 aliphatic rings. The third-order valence-corrected chi connectivity index (χ3v) is 6.73. The lowest BCUT2D eigenvalue weighted by Crippen LogP contribution is -2.39. The topological polar surface area (TPSA) is 63.4 Å². The second-order valence-electron chi connectivity index (χ2n) is 7.66. The van der Waals surface area contributed by atoms with Crippen LogP contribution < -0.4 is 4.90 Å². The maximum Gasteiger partial charge on any atom is 0.236 e. The van der Waals surface area contributed by atoms with Crippen LogP contribution in [0.2, 0.25) is 0 Å². The Morgan fingerprint density at radius 2 is 1.50 bits per heavy atom. The summed E-state index contributed by atoms with van der Waals surface area (Å²) >= 11 is 0. The molecule has 1 aromatic heterocycles. The van der Waals surface area contributed by atoms with E-state index < -0.39 is 9.84 Å². The monoisotopic (exact) mass is 396 g/mol. The van der Waals surface area contributed by atoms with Gasteiger partial charge in [-0.1, -0.05) is 50.2 Å². The molecule has 1 aliphatic heterocycles. The molecule has 146 valence electrons. The molecule has 3 aromatic rings. The predicted molar refractivity (Wildman–Crippen MR) is 109 cm³/mol.